The predicted octanol–water partition coefficient (Wildman–Crippen LogP) is 1.40. The van der Waals surface area contributed by atoms with E-state index in [0.717, 1.165) is 0 Å². The largest absolute Gasteiger partial charge is 0.478 e. The van der Waals surface area contributed by atoms with Gasteiger partial charge in [0.05, 0.1) is 27.8 Å². The van der Waals surface area contributed by atoms with Crippen molar-refractivity contribution >= 4 is 27.8 Å². The molecular weight excluding hydrogens is 422 g/mol. The van der Waals surface area contributed by atoms with Crippen LogP contribution in [0.1, 0.15) is 34.1 Å². The minimum atomic E-state index is -3.98. The molecule has 0 spiro atoms. The summed E-state index contributed by atoms with van der Waals surface area (Å²) in [7, 11) is -3.98. The summed E-state index contributed by atoms with van der Waals surface area (Å²) < 4.78 is 26.4. The van der Waals surface area contributed by atoms with Crippen LogP contribution in [-0.2, 0) is 16.4 Å². The molecule has 2 heterocycles. The number of nitriles is 1. The van der Waals surface area contributed by atoms with Gasteiger partial charge in [0.15, 0.2) is 0 Å². The maximum absolute atomic E-state index is 12.2. The van der Waals surface area contributed by atoms with Gasteiger partial charge in [-0.05, 0) is 31.0 Å². The highest BCUT2D eigenvalue weighted by Gasteiger charge is 2.33. The minimum Gasteiger partial charge on any atom is -0.478 e. The van der Waals surface area contributed by atoms with E-state index < -0.39 is 22.0 Å². The third kappa shape index (κ3) is 4.44. The number of aromatic carboxylic acids is 1. The average molecular weight is 443 g/mol. The summed E-state index contributed by atoms with van der Waals surface area (Å²) in [5.74, 6) is -0.776. The van der Waals surface area contributed by atoms with Crippen molar-refractivity contribution in [3.05, 3.63) is 52.7 Å². The number of aryl methyl sites for hydroxylation is 1. The molecule has 1 aromatic heterocycles. The third-order valence-corrected chi connectivity index (χ3v) is 6.29. The zero-order valence-electron chi connectivity index (χ0n) is 16.9. The van der Waals surface area contributed by atoms with E-state index in [4.69, 9.17) is 0 Å². The first kappa shape index (κ1) is 22.0. The number of rotatable bonds is 6. The molecule has 1 aliphatic rings. The van der Waals surface area contributed by atoms with E-state index in [2.05, 4.69) is 10.3 Å². The first-order valence-corrected chi connectivity index (χ1v) is 11.0. The Balaban J connectivity index is 1.69. The number of nitrogens with zero attached hydrogens (tertiary/aromatic N) is 3. The van der Waals surface area contributed by atoms with Crippen LogP contribution in [-0.4, -0.2) is 49.6 Å². The van der Waals surface area contributed by atoms with E-state index in [-0.39, 0.29) is 22.1 Å². The summed E-state index contributed by atoms with van der Waals surface area (Å²) in [5, 5.41) is 21.6. The molecule has 0 unspecified atom stereocenters. The molecule has 1 aliphatic heterocycles. The second kappa shape index (κ2) is 8.61. The summed E-state index contributed by atoms with van der Waals surface area (Å²) >= 11 is 0. The van der Waals surface area contributed by atoms with Crippen molar-refractivity contribution in [3.8, 4) is 6.07 Å². The summed E-state index contributed by atoms with van der Waals surface area (Å²) in [6.45, 7) is 3.94. The van der Waals surface area contributed by atoms with Crippen LogP contribution in [0, 0.1) is 18.3 Å². The molecule has 0 atom stereocenters. The van der Waals surface area contributed by atoms with Gasteiger partial charge in [-0.15, -0.1) is 0 Å². The normalized spacial score (nSPS) is 13.8. The maximum atomic E-state index is 12.2. The number of nitrogens with one attached hydrogen (secondary N) is 2. The average Bonchev–Trinajstić information content (AvgIpc) is 2.69. The zero-order valence-corrected chi connectivity index (χ0v) is 17.7. The molecule has 2 aromatic rings. The zero-order chi connectivity index (χ0) is 22.8. The Labute approximate surface area is 179 Å². The lowest BCUT2D eigenvalue weighted by atomic mass is 9.97. The minimum absolute atomic E-state index is 0.0238. The maximum Gasteiger partial charge on any atom is 0.337 e. The van der Waals surface area contributed by atoms with Gasteiger partial charge in [-0.1, -0.05) is 25.1 Å². The van der Waals surface area contributed by atoms with E-state index >= 15 is 0 Å². The van der Waals surface area contributed by atoms with E-state index in [1.807, 2.05) is 10.8 Å². The summed E-state index contributed by atoms with van der Waals surface area (Å²) in [6, 6.07) is 8.37. The third-order valence-electron chi connectivity index (χ3n) is 4.94. The molecule has 11 heteroatoms. The molecule has 31 heavy (non-hydrogen) atoms. The van der Waals surface area contributed by atoms with Crippen LogP contribution in [0.2, 0.25) is 0 Å². The van der Waals surface area contributed by atoms with E-state index in [1.54, 1.807) is 36.9 Å². The van der Waals surface area contributed by atoms with Gasteiger partial charge in [0, 0.05) is 13.1 Å². The second-order valence-corrected chi connectivity index (χ2v) is 8.70. The van der Waals surface area contributed by atoms with E-state index in [0.29, 0.717) is 36.6 Å². The Bertz CT molecular complexity index is 1170. The lowest BCUT2D eigenvalue weighted by Crippen LogP contribution is -2.61. The number of carboxylic acids is 1. The van der Waals surface area contributed by atoms with Gasteiger partial charge >= 0.3 is 12.0 Å². The highest BCUT2D eigenvalue weighted by Crippen LogP contribution is 2.29. The predicted molar refractivity (Wildman–Crippen MR) is 111 cm³/mol. The molecule has 10 nitrogen and oxygen atoms in total. The molecule has 0 aliphatic carbocycles. The highest BCUT2D eigenvalue weighted by atomic mass is 32.2. The summed E-state index contributed by atoms with van der Waals surface area (Å²) in [4.78, 5) is 29.7. The number of amides is 2. The molecule has 1 saturated heterocycles. The summed E-state index contributed by atoms with van der Waals surface area (Å²) in [5.41, 5.74) is 0.950. The number of carboxylic acid groups (broad SMARTS) is 1. The molecule has 0 bridgehead atoms. The van der Waals surface area contributed by atoms with Gasteiger partial charge in [-0.2, -0.15) is 5.26 Å². The van der Waals surface area contributed by atoms with Crippen LogP contribution in [0.5, 0.6) is 0 Å². The smallest absolute Gasteiger partial charge is 0.337 e. The van der Waals surface area contributed by atoms with Crippen molar-refractivity contribution in [2.24, 2.45) is 0 Å². The van der Waals surface area contributed by atoms with Crippen molar-refractivity contribution in [3.63, 3.8) is 0 Å². The topological polar surface area (TPSA) is 152 Å². The van der Waals surface area contributed by atoms with Crippen LogP contribution in [0.15, 0.2) is 35.2 Å². The van der Waals surface area contributed by atoms with Gasteiger partial charge in [0.2, 0.25) is 0 Å². The van der Waals surface area contributed by atoms with Crippen molar-refractivity contribution in [2.45, 2.75) is 31.2 Å². The number of aromatic nitrogens is 1. The van der Waals surface area contributed by atoms with E-state index in [1.165, 1.54) is 12.1 Å². The fraction of sp³-hybridized carbons (Fsp3) is 0.300. The molecule has 162 valence electrons. The molecule has 0 saturated carbocycles. The van der Waals surface area contributed by atoms with Gasteiger partial charge in [0.25, 0.3) is 10.0 Å². The van der Waals surface area contributed by atoms with Crippen LogP contribution in [0.3, 0.4) is 0 Å². The van der Waals surface area contributed by atoms with Crippen LogP contribution in [0.25, 0.3) is 0 Å². The number of carbonyl (C=O) groups excluding carboxylic acids is 1. The fourth-order valence-corrected chi connectivity index (χ4v) is 4.41. The number of hydrogen-bond donors (Lipinski definition) is 3. The van der Waals surface area contributed by atoms with Crippen LogP contribution in [0.4, 0.5) is 10.6 Å². The van der Waals surface area contributed by atoms with Gasteiger partial charge in [-0.3, -0.25) is 0 Å². The first-order valence-electron chi connectivity index (χ1n) is 9.48. The molecule has 1 fully saturated rings. The SMILES string of the molecule is CCc1c(C#N)c(N2CC(NC(=O)NS(=O)(=O)c3ccccc3)C2)nc(C)c1C(=O)O. The number of sulfonamides is 1. The monoisotopic (exact) mass is 443 g/mol. The van der Waals surface area contributed by atoms with Gasteiger partial charge in [-0.25, -0.2) is 27.7 Å². The lowest BCUT2D eigenvalue weighted by Gasteiger charge is -2.41. The number of benzene rings is 1. The summed E-state index contributed by atoms with van der Waals surface area (Å²) in [6.07, 6.45) is 0.357. The Kier molecular flexibility index (Phi) is 6.12. The van der Waals surface area contributed by atoms with Gasteiger partial charge < -0.3 is 15.3 Å². The molecule has 0 radical (unpaired) electrons. The number of pyridine rings is 1. The Morgan fingerprint density at radius 3 is 2.48 bits per heavy atom. The van der Waals surface area contributed by atoms with Crippen molar-refractivity contribution in [1.82, 2.24) is 15.0 Å². The molecule has 3 N–H and O–H groups in total. The number of carbonyl (C=O) groups is 2. The first-order chi connectivity index (χ1) is 14.7. The highest BCUT2D eigenvalue weighted by molar-refractivity contribution is 7.90. The second-order valence-electron chi connectivity index (χ2n) is 7.01. The molecule has 1 aromatic carbocycles. The van der Waals surface area contributed by atoms with Crippen LogP contribution < -0.4 is 14.9 Å². The molecular formula is C20H21N5O5S. The van der Waals surface area contributed by atoms with Crippen molar-refractivity contribution in [1.29, 1.82) is 5.26 Å². The standard InChI is InChI=1S/C20H21N5O5S/c1-3-15-16(9-21)18(22-12(2)17(15)19(26)27)25-10-13(11-25)23-20(28)24-31(29,30)14-7-5-4-6-8-14/h4-8,13H,3,10-11H2,1-2H3,(H,26,27)(H2,23,24,28). The molecule has 2 amide bonds. The van der Waals surface area contributed by atoms with Gasteiger partial charge in [0.1, 0.15) is 11.9 Å². The Hall–Kier alpha value is -3.65. The number of urea groups is 1. The number of hydrogen-bond acceptors (Lipinski definition) is 7. The lowest BCUT2D eigenvalue weighted by molar-refractivity contribution is 0.0694. The van der Waals surface area contributed by atoms with Crippen molar-refractivity contribution < 1.29 is 23.1 Å². The van der Waals surface area contributed by atoms with Crippen LogP contribution >= 0.6 is 0 Å². The fourth-order valence-electron chi connectivity index (χ4n) is 3.47. The molecule has 3 rings (SSSR count). The van der Waals surface area contributed by atoms with Crippen molar-refractivity contribution in [2.75, 3.05) is 18.0 Å². The Morgan fingerprint density at radius 1 is 1.29 bits per heavy atom. The Morgan fingerprint density at radius 2 is 1.94 bits per heavy atom. The quantitative estimate of drug-likeness (QED) is 0.606. The number of anilines is 1. The van der Waals surface area contributed by atoms with E-state index in [9.17, 15) is 28.4 Å².